The highest BCUT2D eigenvalue weighted by Crippen LogP contribution is 2.30. The van der Waals surface area contributed by atoms with E-state index in [-0.39, 0.29) is 17.9 Å². The summed E-state index contributed by atoms with van der Waals surface area (Å²) in [5.74, 6) is -1.33. The molecule has 5 heteroatoms. The highest BCUT2D eigenvalue weighted by atomic mass is 16.5. The van der Waals surface area contributed by atoms with Crippen molar-refractivity contribution >= 4 is 34.6 Å². The minimum Gasteiger partial charge on any atom is -0.462 e. The summed E-state index contributed by atoms with van der Waals surface area (Å²) in [4.78, 5) is 35.3. The van der Waals surface area contributed by atoms with Crippen LogP contribution in [-0.2, 0) is 19.1 Å². The van der Waals surface area contributed by atoms with Crippen molar-refractivity contribution in [2.75, 3.05) is 6.61 Å². The molecule has 0 bridgehead atoms. The van der Waals surface area contributed by atoms with Crippen molar-refractivity contribution in [1.29, 1.82) is 0 Å². The van der Waals surface area contributed by atoms with Gasteiger partial charge in [0.05, 0.1) is 6.61 Å². The Morgan fingerprint density at radius 2 is 1.75 bits per heavy atom. The molecule has 24 heavy (non-hydrogen) atoms. The van der Waals surface area contributed by atoms with Crippen LogP contribution in [0.2, 0.25) is 0 Å². The van der Waals surface area contributed by atoms with Gasteiger partial charge in [0.2, 0.25) is 0 Å². The van der Waals surface area contributed by atoms with Crippen molar-refractivity contribution in [2.45, 2.75) is 20.8 Å². The van der Waals surface area contributed by atoms with Gasteiger partial charge in [0.15, 0.2) is 5.78 Å². The maximum Gasteiger partial charge on any atom is 0.341 e. The van der Waals surface area contributed by atoms with Crippen LogP contribution in [0.3, 0.4) is 0 Å². The van der Waals surface area contributed by atoms with E-state index in [1.54, 1.807) is 13.0 Å². The summed E-state index contributed by atoms with van der Waals surface area (Å²) in [6.07, 6.45) is 1.42. The Bertz CT molecular complexity index is 833. The monoisotopic (exact) mass is 326 g/mol. The number of hydrogen-bond acceptors (Lipinski definition) is 5. The quantitative estimate of drug-likeness (QED) is 0.277. The van der Waals surface area contributed by atoms with Crippen LogP contribution in [0.15, 0.2) is 42.0 Å². The second-order valence-corrected chi connectivity index (χ2v) is 5.13. The van der Waals surface area contributed by atoms with Crippen LogP contribution in [0, 0.1) is 0 Å². The molecule has 5 nitrogen and oxygen atoms in total. The SMILES string of the molecule is CCOC(=O)/C(=C\c1c(OC(C)=O)ccc2ccccc12)C(C)=O. The number of carbonyl (C=O) groups excluding carboxylic acids is 3. The molecule has 2 rings (SSSR count). The van der Waals surface area contributed by atoms with E-state index in [1.165, 1.54) is 19.9 Å². The number of benzene rings is 2. The van der Waals surface area contributed by atoms with Gasteiger partial charge in [0.25, 0.3) is 0 Å². The molecule has 0 aliphatic carbocycles. The Morgan fingerprint density at radius 3 is 2.38 bits per heavy atom. The topological polar surface area (TPSA) is 69.7 Å². The number of esters is 2. The molecule has 0 atom stereocenters. The van der Waals surface area contributed by atoms with Gasteiger partial charge in [-0.25, -0.2) is 4.79 Å². The number of carbonyl (C=O) groups is 3. The average molecular weight is 326 g/mol. The predicted octanol–water partition coefficient (Wildman–Crippen LogP) is 3.30. The fourth-order valence-electron chi connectivity index (χ4n) is 2.33. The lowest BCUT2D eigenvalue weighted by atomic mass is 10.00. The molecule has 0 fully saturated rings. The molecule has 0 aromatic heterocycles. The first-order chi connectivity index (χ1) is 11.4. The minimum absolute atomic E-state index is 0.0957. The molecule has 0 aliphatic heterocycles. The van der Waals surface area contributed by atoms with E-state index in [0.717, 1.165) is 10.8 Å². The van der Waals surface area contributed by atoms with E-state index in [9.17, 15) is 14.4 Å². The summed E-state index contributed by atoms with van der Waals surface area (Å²) in [7, 11) is 0. The van der Waals surface area contributed by atoms with Gasteiger partial charge in [-0.2, -0.15) is 0 Å². The first-order valence-corrected chi connectivity index (χ1v) is 7.54. The zero-order chi connectivity index (χ0) is 17.7. The van der Waals surface area contributed by atoms with Crippen LogP contribution < -0.4 is 4.74 Å². The predicted molar refractivity (Wildman–Crippen MR) is 90.5 cm³/mol. The molecule has 2 aromatic rings. The zero-order valence-electron chi connectivity index (χ0n) is 13.8. The molecule has 0 spiro atoms. The van der Waals surface area contributed by atoms with E-state index >= 15 is 0 Å². The minimum atomic E-state index is -0.702. The number of hydrogen-bond donors (Lipinski definition) is 0. The maximum absolute atomic E-state index is 12.0. The summed E-state index contributed by atoms with van der Waals surface area (Å²) in [6.45, 7) is 4.41. The fourth-order valence-corrected chi connectivity index (χ4v) is 2.33. The summed E-state index contributed by atoms with van der Waals surface area (Å²) in [5, 5.41) is 1.66. The number of ketones is 1. The summed E-state index contributed by atoms with van der Waals surface area (Å²) in [5.41, 5.74) is 0.392. The van der Waals surface area contributed by atoms with Crippen molar-refractivity contribution in [3.63, 3.8) is 0 Å². The number of fused-ring (bicyclic) bond motifs is 1. The van der Waals surface area contributed by atoms with E-state index in [0.29, 0.717) is 5.56 Å². The average Bonchev–Trinajstić information content (AvgIpc) is 2.53. The number of rotatable bonds is 5. The lowest BCUT2D eigenvalue weighted by Gasteiger charge is -2.11. The second kappa shape index (κ2) is 7.55. The van der Waals surface area contributed by atoms with Gasteiger partial charge >= 0.3 is 11.9 Å². The van der Waals surface area contributed by atoms with Gasteiger partial charge in [0, 0.05) is 12.5 Å². The molecule has 2 aromatic carbocycles. The van der Waals surface area contributed by atoms with E-state index < -0.39 is 17.7 Å². The van der Waals surface area contributed by atoms with Gasteiger partial charge < -0.3 is 9.47 Å². The standard InChI is InChI=1S/C19H18O5/c1-4-23-19(22)16(12(2)20)11-17-15-8-6-5-7-14(15)9-10-18(17)24-13(3)21/h5-11H,4H2,1-3H3/b16-11-. The summed E-state index contributed by atoms with van der Waals surface area (Å²) >= 11 is 0. The van der Waals surface area contributed by atoms with Crippen LogP contribution in [0.4, 0.5) is 0 Å². The summed E-state index contributed by atoms with van der Waals surface area (Å²) < 4.78 is 10.2. The molecular weight excluding hydrogens is 308 g/mol. The largest absolute Gasteiger partial charge is 0.462 e. The van der Waals surface area contributed by atoms with Gasteiger partial charge in [-0.1, -0.05) is 30.3 Å². The van der Waals surface area contributed by atoms with Crippen LogP contribution in [0.1, 0.15) is 26.3 Å². The van der Waals surface area contributed by atoms with Crippen LogP contribution >= 0.6 is 0 Å². The van der Waals surface area contributed by atoms with Crippen molar-refractivity contribution < 1.29 is 23.9 Å². The smallest absolute Gasteiger partial charge is 0.341 e. The Morgan fingerprint density at radius 1 is 1.04 bits per heavy atom. The molecule has 0 radical (unpaired) electrons. The maximum atomic E-state index is 12.0. The first-order valence-electron chi connectivity index (χ1n) is 7.54. The van der Waals surface area contributed by atoms with Crippen molar-refractivity contribution in [2.24, 2.45) is 0 Å². The van der Waals surface area contributed by atoms with Crippen LogP contribution in [-0.4, -0.2) is 24.3 Å². The lowest BCUT2D eigenvalue weighted by Crippen LogP contribution is -2.13. The molecule has 0 aliphatic rings. The van der Waals surface area contributed by atoms with Crippen molar-refractivity contribution in [3.8, 4) is 5.75 Å². The first kappa shape index (κ1) is 17.4. The zero-order valence-corrected chi connectivity index (χ0v) is 13.8. The van der Waals surface area contributed by atoms with Gasteiger partial charge in [-0.05, 0) is 36.8 Å². The van der Waals surface area contributed by atoms with Crippen LogP contribution in [0.5, 0.6) is 5.75 Å². The highest BCUT2D eigenvalue weighted by Gasteiger charge is 2.18. The number of ether oxygens (including phenoxy) is 2. The Hall–Kier alpha value is -2.95. The third-order valence-corrected chi connectivity index (χ3v) is 3.35. The highest BCUT2D eigenvalue weighted by molar-refractivity contribution is 6.20. The molecule has 124 valence electrons. The van der Waals surface area contributed by atoms with Gasteiger partial charge in [-0.3, -0.25) is 9.59 Å². The van der Waals surface area contributed by atoms with Crippen molar-refractivity contribution in [1.82, 2.24) is 0 Å². The second-order valence-electron chi connectivity index (χ2n) is 5.13. The van der Waals surface area contributed by atoms with E-state index in [4.69, 9.17) is 9.47 Å². The Labute approximate surface area is 139 Å². The van der Waals surface area contributed by atoms with Crippen LogP contribution in [0.25, 0.3) is 16.8 Å². The Balaban J connectivity index is 2.70. The van der Waals surface area contributed by atoms with Gasteiger partial charge in [-0.15, -0.1) is 0 Å². The van der Waals surface area contributed by atoms with E-state index in [2.05, 4.69) is 0 Å². The van der Waals surface area contributed by atoms with Crippen molar-refractivity contribution in [3.05, 3.63) is 47.5 Å². The van der Waals surface area contributed by atoms with Gasteiger partial charge in [0.1, 0.15) is 11.3 Å². The molecule has 0 unspecified atom stereocenters. The normalized spacial score (nSPS) is 11.2. The molecule has 0 heterocycles. The van der Waals surface area contributed by atoms with E-state index in [1.807, 2.05) is 30.3 Å². The third kappa shape index (κ3) is 3.87. The summed E-state index contributed by atoms with van der Waals surface area (Å²) in [6, 6.07) is 10.9. The fraction of sp³-hybridized carbons (Fsp3) is 0.211. The molecule has 0 saturated carbocycles. The molecule has 0 amide bonds. The Kier molecular flexibility index (Phi) is 5.47. The third-order valence-electron chi connectivity index (χ3n) is 3.35. The molecule has 0 N–H and O–H groups in total. The molecular formula is C19H18O5. The molecule has 0 saturated heterocycles. The lowest BCUT2D eigenvalue weighted by molar-refractivity contribution is -0.139. The number of Topliss-reactive ketones (excluding diaryl/α,β-unsaturated/α-hetero) is 1.